The number of nitrogens with one attached hydrogen (secondary N) is 1. The van der Waals surface area contributed by atoms with Crippen LogP contribution < -0.4 is 5.32 Å². The first kappa shape index (κ1) is 14.4. The van der Waals surface area contributed by atoms with Crippen molar-refractivity contribution < 1.29 is 4.79 Å². The highest BCUT2D eigenvalue weighted by Crippen LogP contribution is 2.48. The van der Waals surface area contributed by atoms with Crippen molar-refractivity contribution in [1.29, 1.82) is 0 Å². The van der Waals surface area contributed by atoms with Gasteiger partial charge in [-0.3, -0.25) is 10.1 Å². The van der Waals surface area contributed by atoms with Crippen molar-refractivity contribution in [3.63, 3.8) is 0 Å². The van der Waals surface area contributed by atoms with Gasteiger partial charge in [0.15, 0.2) is 0 Å². The van der Waals surface area contributed by atoms with E-state index in [0.717, 1.165) is 19.4 Å². The van der Waals surface area contributed by atoms with Crippen molar-refractivity contribution in [2.45, 2.75) is 80.7 Å². The maximum Gasteiger partial charge on any atom is 0.244 e. The van der Waals surface area contributed by atoms with Gasteiger partial charge < -0.3 is 4.90 Å². The number of carbonyl (C=O) groups is 1. The van der Waals surface area contributed by atoms with Crippen LogP contribution in [0, 0.1) is 5.92 Å². The van der Waals surface area contributed by atoms with Crippen LogP contribution in [0.4, 0.5) is 0 Å². The number of rotatable bonds is 4. The smallest absolute Gasteiger partial charge is 0.244 e. The Bertz CT molecular complexity index is 423. The number of thioether (sulfide) groups is 1. The molecule has 21 heavy (non-hydrogen) atoms. The van der Waals surface area contributed by atoms with Crippen LogP contribution in [0.15, 0.2) is 0 Å². The Morgan fingerprint density at radius 3 is 2.38 bits per heavy atom. The monoisotopic (exact) mass is 308 g/mol. The van der Waals surface area contributed by atoms with E-state index in [9.17, 15) is 4.79 Å². The molecule has 0 aromatic carbocycles. The van der Waals surface area contributed by atoms with Gasteiger partial charge in [0.25, 0.3) is 0 Å². The molecule has 0 aromatic heterocycles. The van der Waals surface area contributed by atoms with Gasteiger partial charge in [-0.15, -0.1) is 0 Å². The average Bonchev–Trinajstić information content (AvgIpc) is 2.88. The van der Waals surface area contributed by atoms with Crippen LogP contribution in [0.5, 0.6) is 0 Å². The summed E-state index contributed by atoms with van der Waals surface area (Å²) in [6.45, 7) is 0.989. The largest absolute Gasteiger partial charge is 0.324 e. The summed E-state index contributed by atoms with van der Waals surface area (Å²) < 4.78 is 0.342. The molecule has 3 nitrogen and oxygen atoms in total. The fourth-order valence-corrected chi connectivity index (χ4v) is 5.84. The molecule has 1 heterocycles. The predicted octanol–water partition coefficient (Wildman–Crippen LogP) is 3.14. The van der Waals surface area contributed by atoms with E-state index in [2.05, 4.69) is 16.5 Å². The number of hydrogen-bond acceptors (Lipinski definition) is 3. The summed E-state index contributed by atoms with van der Waals surface area (Å²) in [6.07, 6.45) is 15.3. The molecule has 1 spiro atoms. The average molecular weight is 308 g/mol. The highest BCUT2D eigenvalue weighted by atomic mass is 32.2. The van der Waals surface area contributed by atoms with E-state index in [0.29, 0.717) is 22.7 Å². The van der Waals surface area contributed by atoms with E-state index in [4.69, 9.17) is 0 Å². The van der Waals surface area contributed by atoms with Crippen LogP contribution in [0.1, 0.15) is 64.2 Å². The maximum absolute atomic E-state index is 13.0. The van der Waals surface area contributed by atoms with Crippen molar-refractivity contribution in [3.05, 3.63) is 0 Å². The highest BCUT2D eigenvalue weighted by Gasteiger charge is 2.61. The number of hydrogen-bond donors (Lipinski definition) is 1. The molecule has 4 aliphatic rings. The lowest BCUT2D eigenvalue weighted by Crippen LogP contribution is -2.48. The maximum atomic E-state index is 13.0. The van der Waals surface area contributed by atoms with Crippen molar-refractivity contribution in [1.82, 2.24) is 10.2 Å². The van der Waals surface area contributed by atoms with Crippen LogP contribution >= 0.6 is 11.8 Å². The van der Waals surface area contributed by atoms with Gasteiger partial charge in [-0.2, -0.15) is 11.8 Å². The molecule has 1 amide bonds. The third kappa shape index (κ3) is 2.33. The van der Waals surface area contributed by atoms with Crippen molar-refractivity contribution in [2.75, 3.05) is 12.8 Å². The number of amides is 1. The normalized spacial score (nSPS) is 34.2. The molecule has 3 aliphatic carbocycles. The molecule has 3 saturated carbocycles. The molecule has 1 N–H and O–H groups in total. The third-order valence-corrected chi connectivity index (χ3v) is 7.84. The molecular weight excluding hydrogens is 280 g/mol. The minimum Gasteiger partial charge on any atom is -0.324 e. The first-order valence-corrected chi connectivity index (χ1v) is 10.0. The van der Waals surface area contributed by atoms with E-state index < -0.39 is 0 Å². The van der Waals surface area contributed by atoms with Gasteiger partial charge in [0, 0.05) is 11.3 Å². The summed E-state index contributed by atoms with van der Waals surface area (Å²) >= 11 is 2.01. The molecule has 0 bridgehead atoms. The van der Waals surface area contributed by atoms with E-state index in [1.54, 1.807) is 0 Å². The van der Waals surface area contributed by atoms with Crippen LogP contribution in [0.2, 0.25) is 0 Å². The molecule has 1 aliphatic heterocycles. The van der Waals surface area contributed by atoms with Crippen molar-refractivity contribution in [3.8, 4) is 0 Å². The molecule has 1 saturated heterocycles. The summed E-state index contributed by atoms with van der Waals surface area (Å²) in [5.74, 6) is 1.13. The lowest BCUT2D eigenvalue weighted by molar-refractivity contribution is -0.131. The third-order valence-electron chi connectivity index (χ3n) is 6.43. The van der Waals surface area contributed by atoms with Crippen LogP contribution in [0.25, 0.3) is 0 Å². The van der Waals surface area contributed by atoms with Gasteiger partial charge in [0.2, 0.25) is 5.91 Å². The molecule has 4 heteroatoms. The fourth-order valence-electron chi connectivity index (χ4n) is 4.88. The second-order valence-corrected chi connectivity index (χ2v) is 9.02. The van der Waals surface area contributed by atoms with Gasteiger partial charge in [-0.1, -0.05) is 25.7 Å². The van der Waals surface area contributed by atoms with E-state index in [1.807, 2.05) is 11.8 Å². The Morgan fingerprint density at radius 2 is 1.81 bits per heavy atom. The minimum absolute atomic E-state index is 0.133. The number of carbonyl (C=O) groups excluding carboxylic acids is 1. The molecule has 1 unspecified atom stereocenters. The topological polar surface area (TPSA) is 32.3 Å². The Kier molecular flexibility index (Phi) is 3.53. The van der Waals surface area contributed by atoms with Gasteiger partial charge in [0.1, 0.15) is 0 Å². The second kappa shape index (κ2) is 5.16. The molecular formula is C17H28N2OS. The molecule has 4 fully saturated rings. The van der Waals surface area contributed by atoms with E-state index in [-0.39, 0.29) is 5.54 Å². The molecule has 0 aromatic rings. The van der Waals surface area contributed by atoms with Crippen LogP contribution in [-0.2, 0) is 4.79 Å². The van der Waals surface area contributed by atoms with Gasteiger partial charge >= 0.3 is 0 Å². The summed E-state index contributed by atoms with van der Waals surface area (Å²) in [4.78, 5) is 15.2. The lowest BCUT2D eigenvalue weighted by atomic mass is 10.0. The van der Waals surface area contributed by atoms with E-state index >= 15 is 0 Å². The van der Waals surface area contributed by atoms with Crippen LogP contribution in [-0.4, -0.2) is 40.1 Å². The quantitative estimate of drug-likeness (QED) is 0.866. The first-order chi connectivity index (χ1) is 10.2. The summed E-state index contributed by atoms with van der Waals surface area (Å²) in [7, 11) is 0. The zero-order valence-electron chi connectivity index (χ0n) is 13.2. The fraction of sp³-hybridized carbons (Fsp3) is 0.941. The zero-order chi connectivity index (χ0) is 14.5. The van der Waals surface area contributed by atoms with Gasteiger partial charge in [0.05, 0.1) is 11.7 Å². The summed E-state index contributed by atoms with van der Waals surface area (Å²) in [5, 5.41) is 3.77. The summed E-state index contributed by atoms with van der Waals surface area (Å²) in [6, 6.07) is 0. The number of nitrogens with zero attached hydrogens (tertiary/aromatic N) is 1. The van der Waals surface area contributed by atoms with Gasteiger partial charge in [-0.25, -0.2) is 0 Å². The Labute approximate surface area is 132 Å². The van der Waals surface area contributed by atoms with Gasteiger partial charge in [-0.05, 0) is 50.7 Å². The SMILES string of the molecule is CSC1(CN2C(=O)C3(CC3)NC2C2CCCC2)CCCC1. The highest BCUT2D eigenvalue weighted by molar-refractivity contribution is 8.00. The lowest BCUT2D eigenvalue weighted by Gasteiger charge is -2.36. The minimum atomic E-state index is -0.133. The molecule has 4 rings (SSSR count). The molecule has 118 valence electrons. The molecule has 1 atom stereocenters. The van der Waals surface area contributed by atoms with Crippen LogP contribution in [0.3, 0.4) is 0 Å². The van der Waals surface area contributed by atoms with E-state index in [1.165, 1.54) is 51.4 Å². The summed E-state index contributed by atoms with van der Waals surface area (Å²) in [5.41, 5.74) is -0.133. The Morgan fingerprint density at radius 1 is 1.14 bits per heavy atom. The van der Waals surface area contributed by atoms with Crippen molar-refractivity contribution >= 4 is 17.7 Å². The Balaban J connectivity index is 1.56. The first-order valence-electron chi connectivity index (χ1n) is 8.82. The second-order valence-electron chi connectivity index (χ2n) is 7.74. The van der Waals surface area contributed by atoms with Crippen molar-refractivity contribution in [2.24, 2.45) is 5.92 Å². The Hall–Kier alpha value is -0.220. The molecule has 0 radical (unpaired) electrons. The predicted molar refractivity (Wildman–Crippen MR) is 87.3 cm³/mol. The zero-order valence-corrected chi connectivity index (χ0v) is 14.0. The standard InChI is InChI=1S/C17H28N2OS/c1-21-16(8-4-5-9-16)12-19-14(13-6-2-3-7-13)18-17(10-11-17)15(19)20/h13-14,18H,2-12H2,1H3.